The van der Waals surface area contributed by atoms with Gasteiger partial charge in [-0.1, -0.05) is 12.1 Å². The number of hydrogen-bond acceptors (Lipinski definition) is 7. The maximum Gasteiger partial charge on any atom is 0.337 e. The molecule has 0 radical (unpaired) electrons. The molecule has 0 aliphatic carbocycles. The van der Waals surface area contributed by atoms with E-state index in [4.69, 9.17) is 0 Å². The molecule has 0 saturated carbocycles. The SMILES string of the molecule is COC(=O)c1cccc(CS(=O)(=O)Nc2cc(C)nn2-c2ccc(C)nn2)c1. The molecule has 0 fully saturated rings. The number of carbonyl (C=O) groups excluding carboxylic acids is 1. The van der Waals surface area contributed by atoms with Crippen molar-refractivity contribution in [2.24, 2.45) is 0 Å². The van der Waals surface area contributed by atoms with Gasteiger partial charge in [0.1, 0.15) is 5.82 Å². The van der Waals surface area contributed by atoms with Crippen molar-refractivity contribution in [1.29, 1.82) is 0 Å². The molecular weight excluding hydrogens is 382 g/mol. The van der Waals surface area contributed by atoms with E-state index in [-0.39, 0.29) is 17.1 Å². The number of anilines is 1. The minimum Gasteiger partial charge on any atom is -0.465 e. The lowest BCUT2D eigenvalue weighted by Gasteiger charge is -2.10. The number of sulfonamides is 1. The predicted molar refractivity (Wildman–Crippen MR) is 103 cm³/mol. The highest BCUT2D eigenvalue weighted by Gasteiger charge is 2.18. The van der Waals surface area contributed by atoms with E-state index in [0.29, 0.717) is 17.1 Å². The second-order valence-electron chi connectivity index (χ2n) is 6.17. The molecule has 1 aromatic carbocycles. The summed E-state index contributed by atoms with van der Waals surface area (Å²) < 4.78 is 33.9. The first-order valence-electron chi connectivity index (χ1n) is 8.32. The predicted octanol–water partition coefficient (Wildman–Crippen LogP) is 2.01. The van der Waals surface area contributed by atoms with Crippen LogP contribution in [0.4, 0.5) is 5.82 Å². The molecule has 0 spiro atoms. The summed E-state index contributed by atoms with van der Waals surface area (Å²) in [5.74, 6) is -0.204. The summed E-state index contributed by atoms with van der Waals surface area (Å²) in [5, 5.41) is 12.3. The summed E-state index contributed by atoms with van der Waals surface area (Å²) in [7, 11) is -2.50. The number of nitrogens with zero attached hydrogens (tertiary/aromatic N) is 4. The van der Waals surface area contributed by atoms with Crippen LogP contribution in [0.2, 0.25) is 0 Å². The molecule has 2 aromatic heterocycles. The standard InChI is InChI=1S/C18H19N5O4S/c1-12-7-8-16(20-19-12)23-17(9-13(2)21-23)22-28(25,26)11-14-5-4-6-15(10-14)18(24)27-3/h4-10,22H,11H2,1-3H3. The van der Waals surface area contributed by atoms with Crippen molar-refractivity contribution in [2.75, 3.05) is 11.8 Å². The Balaban J connectivity index is 1.85. The smallest absolute Gasteiger partial charge is 0.337 e. The summed E-state index contributed by atoms with van der Waals surface area (Å²) in [6.07, 6.45) is 0. The zero-order valence-corrected chi connectivity index (χ0v) is 16.4. The lowest BCUT2D eigenvalue weighted by molar-refractivity contribution is 0.0600. The van der Waals surface area contributed by atoms with Crippen LogP contribution in [0.3, 0.4) is 0 Å². The molecule has 0 aliphatic heterocycles. The van der Waals surface area contributed by atoms with Crippen LogP contribution in [0.1, 0.15) is 27.3 Å². The van der Waals surface area contributed by atoms with Crippen LogP contribution in [0.5, 0.6) is 0 Å². The van der Waals surface area contributed by atoms with Gasteiger partial charge in [0.2, 0.25) is 10.0 Å². The van der Waals surface area contributed by atoms with E-state index in [1.807, 2.05) is 0 Å². The molecule has 3 rings (SSSR count). The highest BCUT2D eigenvalue weighted by atomic mass is 32.2. The molecule has 2 heterocycles. The molecular formula is C18H19N5O4S. The van der Waals surface area contributed by atoms with Gasteiger partial charge in [-0.05, 0) is 43.7 Å². The third-order valence-corrected chi connectivity index (χ3v) is 5.03. The number of aromatic nitrogens is 4. The van der Waals surface area contributed by atoms with Crippen LogP contribution in [-0.4, -0.2) is 41.5 Å². The Morgan fingerprint density at radius 1 is 1.11 bits per heavy atom. The van der Waals surface area contributed by atoms with Gasteiger partial charge in [0.25, 0.3) is 0 Å². The Morgan fingerprint density at radius 3 is 2.57 bits per heavy atom. The van der Waals surface area contributed by atoms with E-state index in [0.717, 1.165) is 5.69 Å². The van der Waals surface area contributed by atoms with Crippen molar-refractivity contribution in [1.82, 2.24) is 20.0 Å². The zero-order valence-electron chi connectivity index (χ0n) is 15.6. The molecule has 0 unspecified atom stereocenters. The number of benzene rings is 1. The van der Waals surface area contributed by atoms with E-state index in [1.54, 1.807) is 50.2 Å². The summed E-state index contributed by atoms with van der Waals surface area (Å²) in [5.41, 5.74) is 2.09. The summed E-state index contributed by atoms with van der Waals surface area (Å²) in [6.45, 7) is 3.55. The van der Waals surface area contributed by atoms with Crippen molar-refractivity contribution in [3.05, 3.63) is 65.0 Å². The second-order valence-corrected chi connectivity index (χ2v) is 7.89. The summed E-state index contributed by atoms with van der Waals surface area (Å²) in [4.78, 5) is 11.6. The van der Waals surface area contributed by atoms with Crippen molar-refractivity contribution in [2.45, 2.75) is 19.6 Å². The van der Waals surface area contributed by atoms with Crippen LogP contribution in [0, 0.1) is 13.8 Å². The third-order valence-electron chi connectivity index (χ3n) is 3.80. The first kappa shape index (κ1) is 19.5. The third kappa shape index (κ3) is 4.52. The maximum atomic E-state index is 12.7. The Kier molecular flexibility index (Phi) is 5.41. The summed E-state index contributed by atoms with van der Waals surface area (Å²) in [6, 6.07) is 11.3. The minimum absolute atomic E-state index is 0.250. The van der Waals surface area contributed by atoms with E-state index in [1.165, 1.54) is 17.9 Å². The van der Waals surface area contributed by atoms with Crippen molar-refractivity contribution >= 4 is 21.8 Å². The largest absolute Gasteiger partial charge is 0.465 e. The molecule has 0 saturated heterocycles. The normalized spacial score (nSPS) is 11.2. The Morgan fingerprint density at radius 2 is 1.89 bits per heavy atom. The van der Waals surface area contributed by atoms with Gasteiger partial charge in [-0.3, -0.25) is 4.72 Å². The van der Waals surface area contributed by atoms with Gasteiger partial charge < -0.3 is 4.74 Å². The van der Waals surface area contributed by atoms with Crippen LogP contribution in [-0.2, 0) is 20.5 Å². The van der Waals surface area contributed by atoms with E-state index in [2.05, 4.69) is 24.8 Å². The van der Waals surface area contributed by atoms with Gasteiger partial charge in [-0.15, -0.1) is 5.10 Å². The zero-order chi connectivity index (χ0) is 20.3. The molecule has 0 atom stereocenters. The molecule has 10 heteroatoms. The summed E-state index contributed by atoms with van der Waals surface area (Å²) >= 11 is 0. The number of ether oxygens (including phenoxy) is 1. The highest BCUT2D eigenvalue weighted by Crippen LogP contribution is 2.18. The minimum atomic E-state index is -3.77. The molecule has 28 heavy (non-hydrogen) atoms. The maximum absolute atomic E-state index is 12.7. The van der Waals surface area contributed by atoms with Gasteiger partial charge in [0.15, 0.2) is 5.82 Å². The highest BCUT2D eigenvalue weighted by molar-refractivity contribution is 7.91. The molecule has 1 N–H and O–H groups in total. The van der Waals surface area contributed by atoms with Gasteiger partial charge >= 0.3 is 5.97 Å². The fourth-order valence-corrected chi connectivity index (χ4v) is 3.73. The van der Waals surface area contributed by atoms with E-state index < -0.39 is 16.0 Å². The number of aryl methyl sites for hydroxylation is 2. The fraction of sp³-hybridized carbons (Fsp3) is 0.222. The number of rotatable bonds is 6. The molecule has 0 bridgehead atoms. The quantitative estimate of drug-likeness (QED) is 0.628. The molecule has 146 valence electrons. The van der Waals surface area contributed by atoms with Gasteiger partial charge in [0.05, 0.1) is 29.8 Å². The fourth-order valence-electron chi connectivity index (χ4n) is 2.57. The van der Waals surface area contributed by atoms with Gasteiger partial charge in [-0.2, -0.15) is 14.9 Å². The van der Waals surface area contributed by atoms with Gasteiger partial charge in [0, 0.05) is 6.07 Å². The topological polar surface area (TPSA) is 116 Å². The van der Waals surface area contributed by atoms with Crippen LogP contribution >= 0.6 is 0 Å². The Labute approximate surface area is 162 Å². The van der Waals surface area contributed by atoms with Crippen LogP contribution < -0.4 is 4.72 Å². The monoisotopic (exact) mass is 401 g/mol. The van der Waals surface area contributed by atoms with Crippen LogP contribution in [0.15, 0.2) is 42.5 Å². The molecule has 0 amide bonds. The molecule has 0 aliphatic rings. The average molecular weight is 401 g/mol. The first-order valence-corrected chi connectivity index (χ1v) is 9.98. The van der Waals surface area contributed by atoms with Gasteiger partial charge in [-0.25, -0.2) is 13.2 Å². The Bertz CT molecular complexity index is 1110. The van der Waals surface area contributed by atoms with E-state index in [9.17, 15) is 13.2 Å². The number of nitrogens with one attached hydrogen (secondary N) is 1. The molecule has 9 nitrogen and oxygen atoms in total. The molecule has 3 aromatic rings. The van der Waals surface area contributed by atoms with Crippen LogP contribution in [0.25, 0.3) is 5.82 Å². The number of methoxy groups -OCH3 is 1. The lowest BCUT2D eigenvalue weighted by atomic mass is 10.1. The van der Waals surface area contributed by atoms with E-state index >= 15 is 0 Å². The first-order chi connectivity index (χ1) is 13.3. The lowest BCUT2D eigenvalue weighted by Crippen LogP contribution is -2.18. The number of esters is 1. The van der Waals surface area contributed by atoms with Crippen molar-refractivity contribution < 1.29 is 17.9 Å². The average Bonchev–Trinajstić information content (AvgIpc) is 3.00. The number of hydrogen-bond donors (Lipinski definition) is 1. The number of carbonyl (C=O) groups is 1. The Hall–Kier alpha value is -3.27. The van der Waals surface area contributed by atoms with Crippen molar-refractivity contribution in [3.8, 4) is 5.82 Å². The van der Waals surface area contributed by atoms with Crippen molar-refractivity contribution in [3.63, 3.8) is 0 Å². The second kappa shape index (κ2) is 7.77.